The second kappa shape index (κ2) is 6.61. The van der Waals surface area contributed by atoms with Crippen molar-refractivity contribution in [2.45, 2.75) is 44.0 Å². The molecule has 2 saturated heterocycles. The number of aliphatic carboxylic acids is 1. The molecule has 0 radical (unpaired) electrons. The molecule has 0 saturated carbocycles. The Bertz CT molecular complexity index is 625. The van der Waals surface area contributed by atoms with Crippen LogP contribution in [0.4, 0.5) is 13.2 Å². The zero-order valence-electron chi connectivity index (χ0n) is 14.1. The molecule has 2 aliphatic heterocycles. The number of halogens is 3. The lowest BCUT2D eigenvalue weighted by atomic mass is 9.87. The molecule has 0 amide bonds. The van der Waals surface area contributed by atoms with Crippen molar-refractivity contribution in [2.24, 2.45) is 5.92 Å². The van der Waals surface area contributed by atoms with Crippen molar-refractivity contribution in [3.63, 3.8) is 0 Å². The Morgan fingerprint density at radius 2 is 2.00 bits per heavy atom. The van der Waals surface area contributed by atoms with E-state index in [0.717, 1.165) is 24.2 Å². The lowest BCUT2D eigenvalue weighted by Gasteiger charge is -2.39. The van der Waals surface area contributed by atoms with Gasteiger partial charge in [0, 0.05) is 12.6 Å². The molecule has 0 aromatic heterocycles. The Morgan fingerprint density at radius 1 is 1.36 bits per heavy atom. The van der Waals surface area contributed by atoms with Crippen LogP contribution in [0.15, 0.2) is 24.3 Å². The van der Waals surface area contributed by atoms with Gasteiger partial charge in [-0.2, -0.15) is 13.2 Å². The van der Waals surface area contributed by atoms with Gasteiger partial charge in [0.25, 0.3) is 0 Å². The summed E-state index contributed by atoms with van der Waals surface area (Å²) in [4.78, 5) is 13.6. The second-order valence-corrected chi connectivity index (χ2v) is 7.32. The first-order valence-corrected chi connectivity index (χ1v) is 8.43. The lowest BCUT2D eigenvalue weighted by Crippen LogP contribution is -2.48. The predicted octanol–water partition coefficient (Wildman–Crippen LogP) is 3.20. The van der Waals surface area contributed by atoms with E-state index < -0.39 is 23.6 Å². The molecule has 2 aliphatic rings. The number of hydrogen-bond acceptors (Lipinski definition) is 3. The Labute approximate surface area is 144 Å². The molecule has 2 unspecified atom stereocenters. The maximum absolute atomic E-state index is 12.7. The smallest absolute Gasteiger partial charge is 0.416 e. The highest BCUT2D eigenvalue weighted by molar-refractivity contribution is 5.70. The summed E-state index contributed by atoms with van der Waals surface area (Å²) in [6, 6.07) is 5.14. The molecular formula is C18H22F3NO3. The van der Waals surface area contributed by atoms with Gasteiger partial charge in [0.2, 0.25) is 0 Å². The fourth-order valence-electron chi connectivity index (χ4n) is 3.49. The first kappa shape index (κ1) is 18.2. The number of benzene rings is 1. The standard InChI is InChI=1S/C18H22F3NO3/c1-17(11-25-17)10-22-7-6-13(16(23)24)9-15(22)8-12-2-4-14(5-3-12)18(19,20)21/h2-5,13,15H,6-11H2,1H3,(H,23,24)/t13?,15-,17?/m1/s1. The fraction of sp³-hybridized carbons (Fsp3) is 0.611. The summed E-state index contributed by atoms with van der Waals surface area (Å²) in [5.41, 5.74) is -0.0518. The zero-order chi connectivity index (χ0) is 18.2. The SMILES string of the molecule is CC1(CN2CCC(C(=O)O)C[C@H]2Cc2ccc(C(F)(F)F)cc2)CO1. The third-order valence-electron chi connectivity index (χ3n) is 5.11. The molecule has 138 valence electrons. The minimum absolute atomic E-state index is 0.00684. The first-order chi connectivity index (χ1) is 11.7. The summed E-state index contributed by atoms with van der Waals surface area (Å²) in [5.74, 6) is -1.20. The van der Waals surface area contributed by atoms with Crippen molar-refractivity contribution in [3.8, 4) is 0 Å². The van der Waals surface area contributed by atoms with Gasteiger partial charge >= 0.3 is 12.1 Å². The Hall–Kier alpha value is -1.60. The van der Waals surface area contributed by atoms with Gasteiger partial charge in [-0.3, -0.25) is 9.69 Å². The molecule has 4 nitrogen and oxygen atoms in total. The van der Waals surface area contributed by atoms with Gasteiger partial charge in [-0.1, -0.05) is 12.1 Å². The van der Waals surface area contributed by atoms with E-state index in [1.807, 2.05) is 6.92 Å². The van der Waals surface area contributed by atoms with Gasteiger partial charge in [0.05, 0.1) is 18.1 Å². The lowest BCUT2D eigenvalue weighted by molar-refractivity contribution is -0.144. The van der Waals surface area contributed by atoms with E-state index in [4.69, 9.17) is 4.74 Å². The van der Waals surface area contributed by atoms with Gasteiger partial charge in [-0.05, 0) is 50.4 Å². The number of rotatable bonds is 5. The van der Waals surface area contributed by atoms with Gasteiger partial charge < -0.3 is 9.84 Å². The second-order valence-electron chi connectivity index (χ2n) is 7.32. The molecule has 3 atom stereocenters. The van der Waals surface area contributed by atoms with Gasteiger partial charge in [-0.15, -0.1) is 0 Å². The maximum atomic E-state index is 12.7. The quantitative estimate of drug-likeness (QED) is 0.823. The van der Waals surface area contributed by atoms with Crippen molar-refractivity contribution in [1.82, 2.24) is 4.90 Å². The Kier molecular flexibility index (Phi) is 4.81. The van der Waals surface area contributed by atoms with Crippen LogP contribution in [-0.4, -0.2) is 47.3 Å². The molecule has 3 rings (SSSR count). The number of epoxide rings is 1. The number of carboxylic acid groups (broad SMARTS) is 1. The summed E-state index contributed by atoms with van der Waals surface area (Å²) < 4.78 is 43.5. The van der Waals surface area contributed by atoms with Crippen LogP contribution in [0.1, 0.15) is 30.9 Å². The summed E-state index contributed by atoms with van der Waals surface area (Å²) in [5, 5.41) is 9.31. The van der Waals surface area contributed by atoms with Crippen LogP contribution < -0.4 is 0 Å². The number of ether oxygens (including phenoxy) is 1. The number of nitrogens with zero attached hydrogens (tertiary/aromatic N) is 1. The number of likely N-dealkylation sites (tertiary alicyclic amines) is 1. The predicted molar refractivity (Wildman–Crippen MR) is 85.2 cm³/mol. The number of alkyl halides is 3. The highest BCUT2D eigenvalue weighted by Crippen LogP contribution is 2.33. The van der Waals surface area contributed by atoms with Crippen LogP contribution in [0, 0.1) is 5.92 Å². The maximum Gasteiger partial charge on any atom is 0.416 e. The molecule has 2 heterocycles. The van der Waals surface area contributed by atoms with E-state index in [9.17, 15) is 23.1 Å². The molecule has 1 N–H and O–H groups in total. The van der Waals surface area contributed by atoms with E-state index in [1.54, 1.807) is 0 Å². The third kappa shape index (κ3) is 4.52. The average Bonchev–Trinajstić information content (AvgIpc) is 3.26. The number of hydrogen-bond donors (Lipinski definition) is 1. The van der Waals surface area contributed by atoms with Crippen LogP contribution in [0.25, 0.3) is 0 Å². The fourth-order valence-corrected chi connectivity index (χ4v) is 3.49. The third-order valence-corrected chi connectivity index (χ3v) is 5.11. The van der Waals surface area contributed by atoms with Gasteiger partial charge in [-0.25, -0.2) is 0 Å². The Balaban J connectivity index is 1.71. The number of carbonyl (C=O) groups is 1. The van der Waals surface area contributed by atoms with Crippen molar-refractivity contribution in [2.75, 3.05) is 19.7 Å². The monoisotopic (exact) mass is 357 g/mol. The van der Waals surface area contributed by atoms with E-state index in [0.29, 0.717) is 32.4 Å². The molecular weight excluding hydrogens is 335 g/mol. The van der Waals surface area contributed by atoms with Gasteiger partial charge in [0.15, 0.2) is 0 Å². The summed E-state index contributed by atoms with van der Waals surface area (Å²) >= 11 is 0. The van der Waals surface area contributed by atoms with E-state index >= 15 is 0 Å². The van der Waals surface area contributed by atoms with Gasteiger partial charge in [0.1, 0.15) is 5.60 Å². The summed E-state index contributed by atoms with van der Waals surface area (Å²) in [6.07, 6.45) is -2.71. The van der Waals surface area contributed by atoms with Crippen molar-refractivity contribution in [1.29, 1.82) is 0 Å². The Morgan fingerprint density at radius 3 is 2.52 bits per heavy atom. The van der Waals surface area contributed by atoms with Crippen LogP contribution >= 0.6 is 0 Å². The topological polar surface area (TPSA) is 53.1 Å². The minimum Gasteiger partial charge on any atom is -0.481 e. The van der Waals surface area contributed by atoms with Crippen LogP contribution in [-0.2, 0) is 22.1 Å². The minimum atomic E-state index is -4.35. The molecule has 7 heteroatoms. The molecule has 0 spiro atoms. The highest BCUT2D eigenvalue weighted by Gasteiger charge is 2.44. The number of carboxylic acids is 1. The largest absolute Gasteiger partial charge is 0.481 e. The zero-order valence-corrected chi connectivity index (χ0v) is 14.1. The molecule has 25 heavy (non-hydrogen) atoms. The van der Waals surface area contributed by atoms with Crippen LogP contribution in [0.5, 0.6) is 0 Å². The first-order valence-electron chi connectivity index (χ1n) is 8.43. The molecule has 2 fully saturated rings. The normalized spacial score (nSPS) is 30.2. The van der Waals surface area contributed by atoms with Crippen molar-refractivity contribution >= 4 is 5.97 Å². The highest BCUT2D eigenvalue weighted by atomic mass is 19.4. The van der Waals surface area contributed by atoms with Crippen LogP contribution in [0.3, 0.4) is 0 Å². The van der Waals surface area contributed by atoms with Crippen molar-refractivity contribution < 1.29 is 27.8 Å². The molecule has 1 aromatic rings. The van der Waals surface area contributed by atoms with E-state index in [2.05, 4.69) is 4.90 Å². The number of piperidine rings is 1. The van der Waals surface area contributed by atoms with Crippen molar-refractivity contribution in [3.05, 3.63) is 35.4 Å². The molecule has 1 aromatic carbocycles. The van der Waals surface area contributed by atoms with Crippen LogP contribution in [0.2, 0.25) is 0 Å². The average molecular weight is 357 g/mol. The van der Waals surface area contributed by atoms with E-state index in [1.165, 1.54) is 12.1 Å². The summed E-state index contributed by atoms with van der Waals surface area (Å²) in [6.45, 7) is 4.11. The van der Waals surface area contributed by atoms with E-state index in [-0.39, 0.29) is 11.6 Å². The molecule has 0 aliphatic carbocycles. The molecule has 0 bridgehead atoms. The summed E-state index contributed by atoms with van der Waals surface area (Å²) in [7, 11) is 0.